The van der Waals surface area contributed by atoms with E-state index in [1.165, 1.54) is 12.3 Å². The third-order valence-electron chi connectivity index (χ3n) is 6.66. The standard InChI is InChI=1S/C25H26F2N6O5S/c1-25(2)13-33(39(36,37)16-10-14(26)9-15(27)11-16)12-17-21(25)31-32-22(17)30-24(35)20-18(5-3-7-28-20)29-23(34)19-6-4-8-38-19/h3,5,7,9-11,19H,4,6,8,12-13H2,1-2H3,(H,29,34)(H2,30,31,32,35)/t19-/m0/s1. The quantitative estimate of drug-likeness (QED) is 0.420. The van der Waals surface area contributed by atoms with Crippen LogP contribution in [0.25, 0.3) is 0 Å². The summed E-state index contributed by atoms with van der Waals surface area (Å²) in [7, 11) is -4.30. The number of anilines is 2. The predicted molar refractivity (Wildman–Crippen MR) is 135 cm³/mol. The zero-order valence-corrected chi connectivity index (χ0v) is 21.9. The van der Waals surface area contributed by atoms with Gasteiger partial charge in [0, 0.05) is 48.6 Å². The van der Waals surface area contributed by atoms with Crippen molar-refractivity contribution in [2.45, 2.75) is 49.6 Å². The number of pyridine rings is 1. The third-order valence-corrected chi connectivity index (χ3v) is 8.43. The number of aromatic amines is 1. The number of carbonyl (C=O) groups is 2. The Kier molecular flexibility index (Phi) is 6.95. The lowest BCUT2D eigenvalue weighted by Gasteiger charge is -2.36. The van der Waals surface area contributed by atoms with Crippen LogP contribution in [-0.2, 0) is 31.5 Å². The molecule has 0 spiro atoms. The second-order valence-electron chi connectivity index (χ2n) is 10.0. The molecule has 2 aromatic heterocycles. The SMILES string of the molecule is CC1(C)CN(S(=O)(=O)c2cc(F)cc(F)c2)Cc2c(NC(=O)c3ncccc3NC(=O)[C@@H]3CCCO3)n[nH]c21. The first-order valence-corrected chi connectivity index (χ1v) is 13.6. The monoisotopic (exact) mass is 560 g/mol. The number of sulfonamides is 1. The largest absolute Gasteiger partial charge is 0.368 e. The van der Waals surface area contributed by atoms with Gasteiger partial charge in [-0.1, -0.05) is 13.8 Å². The topological polar surface area (TPSA) is 146 Å². The van der Waals surface area contributed by atoms with Crippen molar-refractivity contribution in [2.24, 2.45) is 0 Å². The molecular formula is C25H26F2N6O5S. The molecule has 206 valence electrons. The van der Waals surface area contributed by atoms with E-state index in [2.05, 4.69) is 25.8 Å². The Hall–Kier alpha value is -3.75. The molecule has 4 heterocycles. The fourth-order valence-electron chi connectivity index (χ4n) is 4.78. The van der Waals surface area contributed by atoms with E-state index in [9.17, 15) is 26.8 Å². The maximum atomic E-state index is 13.8. The number of carbonyl (C=O) groups excluding carboxylic acids is 2. The van der Waals surface area contributed by atoms with Crippen LogP contribution in [0, 0.1) is 11.6 Å². The van der Waals surface area contributed by atoms with Crippen molar-refractivity contribution in [3.05, 3.63) is 65.1 Å². The van der Waals surface area contributed by atoms with Gasteiger partial charge in [-0.2, -0.15) is 9.40 Å². The molecule has 2 aliphatic heterocycles. The summed E-state index contributed by atoms with van der Waals surface area (Å²) in [5, 5.41) is 12.4. The molecule has 1 aromatic carbocycles. The minimum atomic E-state index is -4.30. The molecule has 1 atom stereocenters. The minimum absolute atomic E-state index is 0.00426. The molecule has 3 aromatic rings. The van der Waals surface area contributed by atoms with Gasteiger partial charge in [0.2, 0.25) is 10.0 Å². The fourth-order valence-corrected chi connectivity index (χ4v) is 6.40. The zero-order valence-electron chi connectivity index (χ0n) is 21.1. The summed E-state index contributed by atoms with van der Waals surface area (Å²) in [6.07, 6.45) is 2.12. The molecule has 1 fully saturated rings. The summed E-state index contributed by atoms with van der Waals surface area (Å²) in [4.78, 5) is 29.4. The summed E-state index contributed by atoms with van der Waals surface area (Å²) in [6, 6.07) is 5.21. The Bertz CT molecular complexity index is 1530. The molecule has 1 saturated heterocycles. The van der Waals surface area contributed by atoms with E-state index in [0.29, 0.717) is 30.4 Å². The second-order valence-corrected chi connectivity index (χ2v) is 12.0. The summed E-state index contributed by atoms with van der Waals surface area (Å²) in [6.45, 7) is 3.83. The highest BCUT2D eigenvalue weighted by molar-refractivity contribution is 7.89. The first kappa shape index (κ1) is 26.8. The van der Waals surface area contributed by atoms with E-state index in [1.807, 2.05) is 0 Å². The number of amides is 2. The Morgan fingerprint density at radius 3 is 2.62 bits per heavy atom. The molecule has 14 heteroatoms. The lowest BCUT2D eigenvalue weighted by molar-refractivity contribution is -0.124. The lowest BCUT2D eigenvalue weighted by atomic mass is 9.84. The normalized spacial score (nSPS) is 18.9. The maximum Gasteiger partial charge on any atom is 0.277 e. The maximum absolute atomic E-state index is 13.8. The molecule has 5 rings (SSSR count). The molecule has 3 N–H and O–H groups in total. The van der Waals surface area contributed by atoms with E-state index >= 15 is 0 Å². The van der Waals surface area contributed by atoms with Crippen molar-refractivity contribution in [1.82, 2.24) is 19.5 Å². The van der Waals surface area contributed by atoms with Crippen molar-refractivity contribution in [3.8, 4) is 0 Å². The molecule has 0 bridgehead atoms. The number of hydrogen-bond acceptors (Lipinski definition) is 7. The number of H-pyrrole nitrogens is 1. The highest BCUT2D eigenvalue weighted by Crippen LogP contribution is 2.38. The van der Waals surface area contributed by atoms with Gasteiger partial charge in [0.15, 0.2) is 11.5 Å². The average molecular weight is 561 g/mol. The fraction of sp³-hybridized carbons (Fsp3) is 0.360. The van der Waals surface area contributed by atoms with Gasteiger partial charge < -0.3 is 15.4 Å². The van der Waals surface area contributed by atoms with E-state index in [1.54, 1.807) is 19.9 Å². The van der Waals surface area contributed by atoms with Gasteiger partial charge in [0.1, 0.15) is 17.7 Å². The minimum Gasteiger partial charge on any atom is -0.368 e. The van der Waals surface area contributed by atoms with Crippen LogP contribution in [0.2, 0.25) is 0 Å². The van der Waals surface area contributed by atoms with E-state index in [4.69, 9.17) is 4.74 Å². The number of halogens is 2. The van der Waals surface area contributed by atoms with Crippen LogP contribution in [0.15, 0.2) is 41.4 Å². The number of ether oxygens (including phenoxy) is 1. The number of aromatic nitrogens is 3. The van der Waals surface area contributed by atoms with Crippen LogP contribution in [0.1, 0.15) is 48.4 Å². The highest BCUT2D eigenvalue weighted by Gasteiger charge is 2.41. The van der Waals surface area contributed by atoms with Crippen LogP contribution in [-0.4, -0.2) is 59.0 Å². The summed E-state index contributed by atoms with van der Waals surface area (Å²) in [5.74, 6) is -3.03. The average Bonchev–Trinajstić information content (AvgIpc) is 3.55. The smallest absolute Gasteiger partial charge is 0.277 e. The van der Waals surface area contributed by atoms with Gasteiger partial charge in [0.05, 0.1) is 10.6 Å². The van der Waals surface area contributed by atoms with Gasteiger partial charge in [-0.05, 0) is 37.1 Å². The van der Waals surface area contributed by atoms with Crippen molar-refractivity contribution in [2.75, 3.05) is 23.8 Å². The van der Waals surface area contributed by atoms with Crippen molar-refractivity contribution < 1.29 is 31.5 Å². The second kappa shape index (κ2) is 10.1. The Balaban J connectivity index is 1.41. The molecular weight excluding hydrogens is 534 g/mol. The molecule has 0 unspecified atom stereocenters. The Morgan fingerprint density at radius 1 is 1.18 bits per heavy atom. The summed E-state index contributed by atoms with van der Waals surface area (Å²) < 4.78 is 60.8. The van der Waals surface area contributed by atoms with E-state index in [-0.39, 0.29) is 36.2 Å². The number of benzene rings is 1. The van der Waals surface area contributed by atoms with Crippen LogP contribution >= 0.6 is 0 Å². The number of fused-ring (bicyclic) bond motifs is 1. The highest BCUT2D eigenvalue weighted by atomic mass is 32.2. The Morgan fingerprint density at radius 2 is 1.92 bits per heavy atom. The molecule has 11 nitrogen and oxygen atoms in total. The van der Waals surface area contributed by atoms with Crippen LogP contribution < -0.4 is 10.6 Å². The molecule has 0 saturated carbocycles. The van der Waals surface area contributed by atoms with Crippen molar-refractivity contribution in [1.29, 1.82) is 0 Å². The van der Waals surface area contributed by atoms with Crippen molar-refractivity contribution >= 4 is 33.3 Å². The third kappa shape index (κ3) is 5.27. The van der Waals surface area contributed by atoms with E-state index in [0.717, 1.165) is 22.9 Å². The number of nitrogens with one attached hydrogen (secondary N) is 3. The van der Waals surface area contributed by atoms with E-state index < -0.39 is 44.0 Å². The molecule has 2 aliphatic rings. The van der Waals surface area contributed by atoms with Crippen LogP contribution in [0.3, 0.4) is 0 Å². The Labute approximate surface area is 223 Å². The van der Waals surface area contributed by atoms with Gasteiger partial charge in [-0.15, -0.1) is 0 Å². The summed E-state index contributed by atoms with van der Waals surface area (Å²) in [5.41, 5.74) is 0.310. The zero-order chi connectivity index (χ0) is 27.9. The molecule has 0 radical (unpaired) electrons. The van der Waals surface area contributed by atoms with Gasteiger partial charge in [-0.25, -0.2) is 22.2 Å². The summed E-state index contributed by atoms with van der Waals surface area (Å²) >= 11 is 0. The van der Waals surface area contributed by atoms with Crippen LogP contribution in [0.5, 0.6) is 0 Å². The van der Waals surface area contributed by atoms with Crippen LogP contribution in [0.4, 0.5) is 20.3 Å². The number of hydrogen-bond donors (Lipinski definition) is 3. The first-order valence-electron chi connectivity index (χ1n) is 12.2. The van der Waals surface area contributed by atoms with Crippen molar-refractivity contribution in [3.63, 3.8) is 0 Å². The first-order chi connectivity index (χ1) is 18.5. The molecule has 0 aliphatic carbocycles. The van der Waals surface area contributed by atoms with Gasteiger partial charge in [-0.3, -0.25) is 14.7 Å². The van der Waals surface area contributed by atoms with Gasteiger partial charge in [0.25, 0.3) is 11.8 Å². The number of rotatable bonds is 6. The lowest BCUT2D eigenvalue weighted by Crippen LogP contribution is -2.45. The number of nitrogens with zero attached hydrogens (tertiary/aromatic N) is 3. The predicted octanol–water partition coefficient (Wildman–Crippen LogP) is 2.93. The molecule has 39 heavy (non-hydrogen) atoms. The van der Waals surface area contributed by atoms with Gasteiger partial charge >= 0.3 is 0 Å². The molecule has 2 amide bonds.